The van der Waals surface area contributed by atoms with Crippen molar-refractivity contribution in [3.63, 3.8) is 0 Å². The van der Waals surface area contributed by atoms with Gasteiger partial charge in [-0.3, -0.25) is 4.99 Å². The molecule has 1 aliphatic rings. The summed E-state index contributed by atoms with van der Waals surface area (Å²) in [4.78, 5) is 4.39. The van der Waals surface area contributed by atoms with Crippen LogP contribution in [0.15, 0.2) is 4.99 Å². The fraction of sp³-hybridized carbons (Fsp3) is 0.875. The van der Waals surface area contributed by atoms with Gasteiger partial charge in [-0.2, -0.15) is 0 Å². The molecule has 2 heteroatoms. The quantitative estimate of drug-likeness (QED) is 0.613. The summed E-state index contributed by atoms with van der Waals surface area (Å²) >= 11 is 1.98. The third-order valence-electron chi connectivity index (χ3n) is 1.64. The summed E-state index contributed by atoms with van der Waals surface area (Å²) in [6, 6.07) is 0. The number of aliphatic imine (C=N–C) groups is 1. The van der Waals surface area contributed by atoms with Gasteiger partial charge in [0.15, 0.2) is 0 Å². The van der Waals surface area contributed by atoms with Gasteiger partial charge in [-0.15, -0.1) is 11.8 Å². The molecule has 0 spiro atoms. The van der Waals surface area contributed by atoms with Crippen LogP contribution in [0.2, 0.25) is 0 Å². The maximum atomic E-state index is 4.39. The summed E-state index contributed by atoms with van der Waals surface area (Å²) in [6.07, 6.45) is 5.95. The fourth-order valence-corrected chi connectivity index (χ4v) is 2.14. The van der Waals surface area contributed by atoms with Crippen molar-refractivity contribution in [2.75, 3.05) is 0 Å². The van der Waals surface area contributed by atoms with Crippen molar-refractivity contribution < 1.29 is 0 Å². The van der Waals surface area contributed by atoms with E-state index in [1.165, 1.54) is 19.3 Å². The Balaban J connectivity index is 2.14. The van der Waals surface area contributed by atoms with E-state index in [-0.39, 0.29) is 0 Å². The predicted molar refractivity (Wildman–Crippen MR) is 48.9 cm³/mol. The van der Waals surface area contributed by atoms with Gasteiger partial charge in [0.1, 0.15) is 0 Å². The molecule has 0 unspecified atom stereocenters. The van der Waals surface area contributed by atoms with Gasteiger partial charge in [-0.25, -0.2) is 0 Å². The smallest absolute Gasteiger partial charge is 0.0954 e. The first kappa shape index (κ1) is 8.12. The molecular formula is C8H15NS. The average Bonchev–Trinajstić information content (AvgIpc) is 2.31. The molecule has 0 saturated carbocycles. The molecule has 0 N–H and O–H groups in total. The Bertz CT molecular complexity index is 122. The van der Waals surface area contributed by atoms with E-state index in [2.05, 4.69) is 25.1 Å². The Kier molecular flexibility index (Phi) is 3.26. The molecule has 0 amide bonds. The molecule has 2 atom stereocenters. The van der Waals surface area contributed by atoms with Gasteiger partial charge in [0.25, 0.3) is 0 Å². The van der Waals surface area contributed by atoms with Crippen molar-refractivity contribution in [2.45, 2.75) is 43.7 Å². The highest BCUT2D eigenvalue weighted by molar-refractivity contribution is 8.01. The van der Waals surface area contributed by atoms with E-state index in [1.807, 2.05) is 11.8 Å². The van der Waals surface area contributed by atoms with Crippen LogP contribution in [0.5, 0.6) is 0 Å². The zero-order valence-electron chi connectivity index (χ0n) is 6.71. The van der Waals surface area contributed by atoms with Crippen molar-refractivity contribution >= 4 is 18.0 Å². The fourth-order valence-electron chi connectivity index (χ4n) is 1.06. The lowest BCUT2D eigenvalue weighted by Crippen LogP contribution is -1.95. The highest BCUT2D eigenvalue weighted by Crippen LogP contribution is 2.27. The van der Waals surface area contributed by atoms with Gasteiger partial charge in [-0.1, -0.05) is 19.8 Å². The molecule has 1 nitrogen and oxygen atoms in total. The second-order valence-corrected chi connectivity index (χ2v) is 4.30. The standard InChI is InChI=1S/C8H15NS/c1-3-4-5-8-9-6-7(2)10-8/h6-8H,3-5H2,1-2H3/t7-,8-/m1/s1. The van der Waals surface area contributed by atoms with Crippen molar-refractivity contribution in [1.82, 2.24) is 0 Å². The Morgan fingerprint density at radius 2 is 2.40 bits per heavy atom. The topological polar surface area (TPSA) is 12.4 Å². The number of hydrogen-bond donors (Lipinski definition) is 0. The number of unbranched alkanes of at least 4 members (excludes halogenated alkanes) is 1. The second kappa shape index (κ2) is 4.02. The first-order valence-corrected chi connectivity index (χ1v) is 4.96. The van der Waals surface area contributed by atoms with Gasteiger partial charge in [0.2, 0.25) is 0 Å². The second-order valence-electron chi connectivity index (χ2n) is 2.74. The molecule has 0 bridgehead atoms. The summed E-state index contributed by atoms with van der Waals surface area (Å²) in [6.45, 7) is 4.44. The average molecular weight is 157 g/mol. The van der Waals surface area contributed by atoms with Crippen LogP contribution < -0.4 is 0 Å². The summed E-state index contributed by atoms with van der Waals surface area (Å²) in [5.74, 6) is 0. The maximum absolute atomic E-state index is 4.39. The zero-order chi connectivity index (χ0) is 7.40. The summed E-state index contributed by atoms with van der Waals surface area (Å²) in [5, 5.41) is 1.23. The van der Waals surface area contributed by atoms with Crippen molar-refractivity contribution in [3.05, 3.63) is 0 Å². The number of hydrogen-bond acceptors (Lipinski definition) is 2. The van der Waals surface area contributed by atoms with E-state index in [0.29, 0.717) is 10.6 Å². The molecule has 0 aliphatic carbocycles. The molecule has 1 aliphatic heterocycles. The van der Waals surface area contributed by atoms with Gasteiger partial charge < -0.3 is 0 Å². The minimum absolute atomic E-state index is 0.579. The summed E-state index contributed by atoms with van der Waals surface area (Å²) in [5.41, 5.74) is 0. The van der Waals surface area contributed by atoms with E-state index in [4.69, 9.17) is 0 Å². The molecule has 0 aromatic rings. The van der Waals surface area contributed by atoms with Crippen LogP contribution in [0.25, 0.3) is 0 Å². The Hall–Kier alpha value is 0.0200. The predicted octanol–water partition coefficient (Wildman–Crippen LogP) is 2.71. The minimum Gasteiger partial charge on any atom is -0.282 e. The molecule has 0 saturated heterocycles. The molecule has 1 rings (SSSR count). The molecule has 58 valence electrons. The monoisotopic (exact) mass is 157 g/mol. The van der Waals surface area contributed by atoms with Crippen molar-refractivity contribution in [3.8, 4) is 0 Å². The SMILES string of the molecule is CCCC[C@@H]1N=C[C@@H](C)S1. The highest BCUT2D eigenvalue weighted by atomic mass is 32.2. The van der Waals surface area contributed by atoms with Gasteiger partial charge in [0, 0.05) is 11.5 Å². The Morgan fingerprint density at radius 3 is 2.90 bits per heavy atom. The zero-order valence-corrected chi connectivity index (χ0v) is 7.53. The molecule has 0 aromatic heterocycles. The van der Waals surface area contributed by atoms with Gasteiger partial charge in [0.05, 0.1) is 5.37 Å². The molecular weight excluding hydrogens is 142 g/mol. The summed E-state index contributed by atoms with van der Waals surface area (Å²) < 4.78 is 0. The molecule has 0 fully saturated rings. The van der Waals surface area contributed by atoms with Crippen LogP contribution in [0, 0.1) is 0 Å². The van der Waals surface area contributed by atoms with Crippen LogP contribution in [-0.4, -0.2) is 16.8 Å². The van der Waals surface area contributed by atoms with E-state index in [0.717, 1.165) is 0 Å². The molecule has 0 radical (unpaired) electrons. The lowest BCUT2D eigenvalue weighted by Gasteiger charge is -2.04. The van der Waals surface area contributed by atoms with E-state index in [1.54, 1.807) is 0 Å². The molecule has 0 aromatic carbocycles. The maximum Gasteiger partial charge on any atom is 0.0954 e. The van der Waals surface area contributed by atoms with E-state index in [9.17, 15) is 0 Å². The van der Waals surface area contributed by atoms with Crippen LogP contribution in [0.3, 0.4) is 0 Å². The summed E-state index contributed by atoms with van der Waals surface area (Å²) in [7, 11) is 0. The number of nitrogens with zero attached hydrogens (tertiary/aromatic N) is 1. The molecule has 1 heterocycles. The first-order valence-electron chi connectivity index (χ1n) is 4.01. The first-order chi connectivity index (χ1) is 4.83. The van der Waals surface area contributed by atoms with E-state index >= 15 is 0 Å². The van der Waals surface area contributed by atoms with Crippen LogP contribution >= 0.6 is 11.8 Å². The van der Waals surface area contributed by atoms with Crippen LogP contribution in [0.1, 0.15) is 33.1 Å². The third-order valence-corrected chi connectivity index (χ3v) is 2.86. The minimum atomic E-state index is 0.579. The van der Waals surface area contributed by atoms with Crippen molar-refractivity contribution in [1.29, 1.82) is 0 Å². The Labute approximate surface area is 67.3 Å². The number of rotatable bonds is 3. The Morgan fingerprint density at radius 1 is 1.60 bits per heavy atom. The van der Waals surface area contributed by atoms with Gasteiger partial charge in [-0.05, 0) is 13.3 Å². The number of thioether (sulfide) groups is 1. The lowest BCUT2D eigenvalue weighted by atomic mass is 10.2. The largest absolute Gasteiger partial charge is 0.282 e. The normalized spacial score (nSPS) is 31.4. The molecule has 10 heavy (non-hydrogen) atoms. The van der Waals surface area contributed by atoms with Crippen LogP contribution in [-0.2, 0) is 0 Å². The lowest BCUT2D eigenvalue weighted by molar-refractivity contribution is 0.705. The van der Waals surface area contributed by atoms with Crippen LogP contribution in [0.4, 0.5) is 0 Å². The van der Waals surface area contributed by atoms with Crippen molar-refractivity contribution in [2.24, 2.45) is 4.99 Å². The van der Waals surface area contributed by atoms with E-state index < -0.39 is 0 Å². The highest BCUT2D eigenvalue weighted by Gasteiger charge is 2.15. The van der Waals surface area contributed by atoms with Gasteiger partial charge >= 0.3 is 0 Å². The third kappa shape index (κ3) is 2.33.